The molecule has 2 N–H and O–H groups in total. The van der Waals surface area contributed by atoms with Crippen LogP contribution < -0.4 is 5.73 Å². The maximum absolute atomic E-state index is 5.98. The van der Waals surface area contributed by atoms with Gasteiger partial charge >= 0.3 is 0 Å². The minimum atomic E-state index is 0.216. The second kappa shape index (κ2) is 7.85. The maximum atomic E-state index is 5.98. The van der Waals surface area contributed by atoms with E-state index in [9.17, 15) is 0 Å². The molecule has 0 aromatic carbocycles. The van der Waals surface area contributed by atoms with Gasteiger partial charge in [-0.2, -0.15) is 11.8 Å². The molecule has 0 aliphatic heterocycles. The highest BCUT2D eigenvalue weighted by Gasteiger charge is 2.14. The Balaban J connectivity index is 1.84. The largest absolute Gasteiger partial charge is 0.327 e. The standard InChI is InChI=1S/C15H25N3S/c1-2-12(16)10-13-8-9-17-15(18-13)11-19-14-6-4-3-5-7-14/h8-9,12,14H,2-7,10-11,16H2,1H3. The lowest BCUT2D eigenvalue weighted by molar-refractivity contribution is 0.516. The Hall–Kier alpha value is -0.610. The lowest BCUT2D eigenvalue weighted by Gasteiger charge is -2.20. The molecule has 1 aromatic heterocycles. The summed E-state index contributed by atoms with van der Waals surface area (Å²) in [6, 6.07) is 2.21. The van der Waals surface area contributed by atoms with Crippen molar-refractivity contribution in [1.82, 2.24) is 9.97 Å². The van der Waals surface area contributed by atoms with Crippen molar-refractivity contribution in [2.24, 2.45) is 5.73 Å². The lowest BCUT2D eigenvalue weighted by Crippen LogP contribution is -2.22. The molecule has 1 aliphatic rings. The molecular formula is C15H25N3S. The highest BCUT2D eigenvalue weighted by molar-refractivity contribution is 7.99. The molecule has 0 saturated heterocycles. The van der Waals surface area contributed by atoms with Crippen LogP contribution in [0.4, 0.5) is 0 Å². The van der Waals surface area contributed by atoms with Gasteiger partial charge in [-0.3, -0.25) is 0 Å². The summed E-state index contributed by atoms with van der Waals surface area (Å²) in [6.45, 7) is 2.12. The summed E-state index contributed by atoms with van der Waals surface area (Å²) < 4.78 is 0. The third kappa shape index (κ3) is 5.11. The van der Waals surface area contributed by atoms with Crippen LogP contribution in [-0.4, -0.2) is 21.3 Å². The van der Waals surface area contributed by atoms with Crippen LogP contribution in [0.2, 0.25) is 0 Å². The molecule has 0 amide bonds. The van der Waals surface area contributed by atoms with Crippen LogP contribution >= 0.6 is 11.8 Å². The Morgan fingerprint density at radius 2 is 2.16 bits per heavy atom. The van der Waals surface area contributed by atoms with Crippen molar-refractivity contribution >= 4 is 11.8 Å². The topological polar surface area (TPSA) is 51.8 Å². The van der Waals surface area contributed by atoms with Crippen molar-refractivity contribution < 1.29 is 0 Å². The Morgan fingerprint density at radius 3 is 2.89 bits per heavy atom. The van der Waals surface area contributed by atoms with Crippen LogP contribution in [0.25, 0.3) is 0 Å². The molecule has 1 aromatic rings. The summed E-state index contributed by atoms with van der Waals surface area (Å²) in [7, 11) is 0. The van der Waals surface area contributed by atoms with Crippen molar-refractivity contribution in [2.75, 3.05) is 0 Å². The van der Waals surface area contributed by atoms with Crippen molar-refractivity contribution in [1.29, 1.82) is 0 Å². The average molecular weight is 279 g/mol. The monoisotopic (exact) mass is 279 g/mol. The SMILES string of the molecule is CCC(N)Cc1ccnc(CSC2CCCCC2)n1. The van der Waals surface area contributed by atoms with Crippen LogP contribution in [0.15, 0.2) is 12.3 Å². The van der Waals surface area contributed by atoms with E-state index in [4.69, 9.17) is 5.73 Å². The normalized spacial score (nSPS) is 18.4. The number of hydrogen-bond acceptors (Lipinski definition) is 4. The average Bonchev–Trinajstić information content (AvgIpc) is 2.46. The molecule has 106 valence electrons. The second-order valence-corrected chi connectivity index (χ2v) is 6.70. The fourth-order valence-electron chi connectivity index (χ4n) is 2.46. The minimum absolute atomic E-state index is 0.216. The summed E-state index contributed by atoms with van der Waals surface area (Å²) >= 11 is 2.03. The quantitative estimate of drug-likeness (QED) is 0.868. The number of rotatable bonds is 6. The summed E-state index contributed by atoms with van der Waals surface area (Å²) in [5.74, 6) is 1.91. The smallest absolute Gasteiger partial charge is 0.138 e. The highest BCUT2D eigenvalue weighted by atomic mass is 32.2. The van der Waals surface area contributed by atoms with Crippen LogP contribution in [0.5, 0.6) is 0 Å². The fourth-order valence-corrected chi connectivity index (χ4v) is 3.65. The third-order valence-electron chi connectivity index (χ3n) is 3.76. The summed E-state index contributed by atoms with van der Waals surface area (Å²) in [5.41, 5.74) is 7.07. The number of aromatic nitrogens is 2. The first-order chi connectivity index (χ1) is 9.28. The summed E-state index contributed by atoms with van der Waals surface area (Å²) in [5, 5.41) is 0.818. The van der Waals surface area contributed by atoms with E-state index in [2.05, 4.69) is 16.9 Å². The predicted octanol–water partition coefficient (Wildman–Crippen LogP) is 3.32. The number of nitrogens with zero attached hydrogens (tertiary/aromatic N) is 2. The van der Waals surface area contributed by atoms with E-state index in [-0.39, 0.29) is 6.04 Å². The zero-order valence-corrected chi connectivity index (χ0v) is 12.7. The number of thioether (sulfide) groups is 1. The summed E-state index contributed by atoms with van der Waals surface area (Å²) in [4.78, 5) is 9.02. The fraction of sp³-hybridized carbons (Fsp3) is 0.733. The van der Waals surface area contributed by atoms with Gasteiger partial charge in [0.1, 0.15) is 5.82 Å². The molecule has 1 fully saturated rings. The van der Waals surface area contributed by atoms with E-state index in [0.29, 0.717) is 0 Å². The third-order valence-corrected chi connectivity index (χ3v) is 5.13. The Morgan fingerprint density at radius 1 is 1.37 bits per heavy atom. The van der Waals surface area contributed by atoms with Gasteiger partial charge in [-0.1, -0.05) is 26.2 Å². The molecule has 0 bridgehead atoms. The van der Waals surface area contributed by atoms with Crippen molar-refractivity contribution in [3.8, 4) is 0 Å². The van der Waals surface area contributed by atoms with E-state index in [0.717, 1.165) is 35.4 Å². The first kappa shape index (κ1) is 14.8. The van der Waals surface area contributed by atoms with Gasteiger partial charge in [0.2, 0.25) is 0 Å². The van der Waals surface area contributed by atoms with Gasteiger partial charge < -0.3 is 5.73 Å². The zero-order chi connectivity index (χ0) is 13.5. The summed E-state index contributed by atoms with van der Waals surface area (Å²) in [6.07, 6.45) is 10.7. The predicted molar refractivity (Wildman–Crippen MR) is 82.2 cm³/mol. The molecule has 19 heavy (non-hydrogen) atoms. The Labute approximate surface area is 120 Å². The van der Waals surface area contributed by atoms with E-state index in [1.165, 1.54) is 32.1 Å². The van der Waals surface area contributed by atoms with E-state index >= 15 is 0 Å². The Bertz CT molecular complexity index is 377. The number of nitrogens with two attached hydrogens (primary N) is 1. The van der Waals surface area contributed by atoms with E-state index in [1.54, 1.807) is 0 Å². The van der Waals surface area contributed by atoms with Gasteiger partial charge in [-0.05, 0) is 25.3 Å². The van der Waals surface area contributed by atoms with Crippen molar-refractivity contribution in [2.45, 2.75) is 68.9 Å². The van der Waals surface area contributed by atoms with Crippen LogP contribution in [-0.2, 0) is 12.2 Å². The van der Waals surface area contributed by atoms with Crippen molar-refractivity contribution in [3.05, 3.63) is 23.8 Å². The van der Waals surface area contributed by atoms with Gasteiger partial charge in [0, 0.05) is 29.6 Å². The molecule has 1 atom stereocenters. The number of hydrogen-bond donors (Lipinski definition) is 1. The lowest BCUT2D eigenvalue weighted by atomic mass is 10.0. The molecule has 0 radical (unpaired) electrons. The van der Waals surface area contributed by atoms with Crippen LogP contribution in [0.1, 0.15) is 57.0 Å². The second-order valence-electron chi connectivity index (χ2n) is 5.41. The first-order valence-electron chi connectivity index (χ1n) is 7.46. The van der Waals surface area contributed by atoms with Crippen molar-refractivity contribution in [3.63, 3.8) is 0 Å². The van der Waals surface area contributed by atoms with Crippen LogP contribution in [0.3, 0.4) is 0 Å². The maximum Gasteiger partial charge on any atom is 0.138 e. The van der Waals surface area contributed by atoms with E-state index in [1.807, 2.05) is 24.0 Å². The first-order valence-corrected chi connectivity index (χ1v) is 8.50. The molecule has 1 saturated carbocycles. The zero-order valence-electron chi connectivity index (χ0n) is 11.8. The molecule has 1 heterocycles. The van der Waals surface area contributed by atoms with Gasteiger partial charge in [-0.25, -0.2) is 9.97 Å². The van der Waals surface area contributed by atoms with Gasteiger partial charge in [0.25, 0.3) is 0 Å². The molecule has 4 heteroatoms. The Kier molecular flexibility index (Phi) is 6.11. The van der Waals surface area contributed by atoms with E-state index < -0.39 is 0 Å². The van der Waals surface area contributed by atoms with Gasteiger partial charge in [0.05, 0.1) is 5.75 Å². The molecule has 0 spiro atoms. The molecule has 2 rings (SSSR count). The molecule has 3 nitrogen and oxygen atoms in total. The molecule has 1 unspecified atom stereocenters. The van der Waals surface area contributed by atoms with Gasteiger partial charge in [-0.15, -0.1) is 0 Å². The minimum Gasteiger partial charge on any atom is -0.327 e. The molecule has 1 aliphatic carbocycles. The highest BCUT2D eigenvalue weighted by Crippen LogP contribution is 2.29. The van der Waals surface area contributed by atoms with Crippen LogP contribution in [0, 0.1) is 0 Å². The molecular weight excluding hydrogens is 254 g/mol. The van der Waals surface area contributed by atoms with Gasteiger partial charge in [0.15, 0.2) is 0 Å².